The smallest absolute Gasteiger partial charge is 0.342 e. The fourth-order valence-electron chi connectivity index (χ4n) is 2.42. The van der Waals surface area contributed by atoms with Gasteiger partial charge in [0.15, 0.2) is 0 Å². The molecular weight excluding hydrogens is 322 g/mol. The molecule has 0 atom stereocenters. The fourth-order valence-corrected chi connectivity index (χ4v) is 2.42. The Balaban J connectivity index is 2.26. The molecule has 0 fully saturated rings. The van der Waals surface area contributed by atoms with Crippen molar-refractivity contribution >= 4 is 17.8 Å². The van der Waals surface area contributed by atoms with Gasteiger partial charge in [0.05, 0.1) is 18.4 Å². The molecule has 0 aliphatic carbocycles. The molecular formula is C19H20NO5-. The highest BCUT2D eigenvalue weighted by Crippen LogP contribution is 2.24. The number of ether oxygens (including phenoxy) is 1. The van der Waals surface area contributed by atoms with Crippen molar-refractivity contribution in [2.24, 2.45) is 0 Å². The van der Waals surface area contributed by atoms with Gasteiger partial charge in [-0.3, -0.25) is 5.21 Å². The number of hydrogen-bond acceptors (Lipinski definition) is 6. The Morgan fingerprint density at radius 3 is 2.44 bits per heavy atom. The molecule has 2 rings (SSSR count). The standard InChI is InChI=1S/C19H20NO5/c1-12(11-15-6-8-16(9-7-15)20(22)23)5-10-17-13(2)18(24-4)14(3)19(21)25-17/h5-11,22H,1-4H3/q-1. The van der Waals surface area contributed by atoms with Crippen LogP contribution in [0.3, 0.4) is 0 Å². The van der Waals surface area contributed by atoms with Crippen molar-refractivity contribution in [1.29, 1.82) is 0 Å². The lowest BCUT2D eigenvalue weighted by atomic mass is 10.1. The van der Waals surface area contributed by atoms with Gasteiger partial charge in [0, 0.05) is 5.56 Å². The molecule has 0 aliphatic heterocycles. The highest BCUT2D eigenvalue weighted by molar-refractivity contribution is 5.63. The molecule has 6 nitrogen and oxygen atoms in total. The number of nitrogens with zero attached hydrogens (tertiary/aromatic N) is 1. The van der Waals surface area contributed by atoms with E-state index in [1.807, 2.05) is 26.0 Å². The molecule has 1 aromatic carbocycles. The van der Waals surface area contributed by atoms with Crippen molar-refractivity contribution in [3.8, 4) is 5.75 Å². The Hall–Kier alpha value is -2.83. The van der Waals surface area contributed by atoms with Gasteiger partial charge in [-0.15, -0.1) is 0 Å². The van der Waals surface area contributed by atoms with Crippen LogP contribution in [0, 0.1) is 19.1 Å². The maximum absolute atomic E-state index is 11.8. The zero-order valence-electron chi connectivity index (χ0n) is 14.6. The van der Waals surface area contributed by atoms with Gasteiger partial charge in [0.25, 0.3) is 0 Å². The van der Waals surface area contributed by atoms with Gasteiger partial charge in [-0.05, 0) is 44.5 Å². The van der Waals surface area contributed by atoms with Crippen LogP contribution in [0.15, 0.2) is 45.1 Å². The van der Waals surface area contributed by atoms with Gasteiger partial charge in [-0.25, -0.2) is 4.79 Å². The molecule has 25 heavy (non-hydrogen) atoms. The summed E-state index contributed by atoms with van der Waals surface area (Å²) in [6, 6.07) is 6.47. The highest BCUT2D eigenvalue weighted by Gasteiger charge is 2.12. The molecule has 0 saturated heterocycles. The van der Waals surface area contributed by atoms with E-state index in [-0.39, 0.29) is 10.9 Å². The van der Waals surface area contributed by atoms with Crippen LogP contribution in [0.1, 0.15) is 29.4 Å². The lowest BCUT2D eigenvalue weighted by Gasteiger charge is -2.21. The molecule has 1 N–H and O–H groups in total. The summed E-state index contributed by atoms with van der Waals surface area (Å²) in [7, 11) is 1.52. The van der Waals surface area contributed by atoms with Crippen LogP contribution in [0.5, 0.6) is 5.75 Å². The second-order valence-corrected chi connectivity index (χ2v) is 5.62. The van der Waals surface area contributed by atoms with E-state index in [0.29, 0.717) is 17.1 Å². The van der Waals surface area contributed by atoms with Crippen LogP contribution in [0.25, 0.3) is 12.2 Å². The Labute approximate surface area is 145 Å². The van der Waals surface area contributed by atoms with Crippen molar-refractivity contribution in [2.45, 2.75) is 20.8 Å². The predicted molar refractivity (Wildman–Crippen MR) is 97.8 cm³/mol. The third kappa shape index (κ3) is 4.37. The predicted octanol–water partition coefficient (Wildman–Crippen LogP) is 4.08. The quantitative estimate of drug-likeness (QED) is 0.651. The van der Waals surface area contributed by atoms with Crippen molar-refractivity contribution in [3.63, 3.8) is 0 Å². The molecule has 0 unspecified atom stereocenters. The van der Waals surface area contributed by atoms with E-state index >= 15 is 0 Å². The first-order valence-corrected chi connectivity index (χ1v) is 7.64. The Morgan fingerprint density at radius 2 is 1.88 bits per heavy atom. The fraction of sp³-hybridized carbons (Fsp3) is 0.211. The van der Waals surface area contributed by atoms with E-state index < -0.39 is 5.63 Å². The summed E-state index contributed by atoms with van der Waals surface area (Å²) < 4.78 is 10.6. The molecule has 0 saturated carbocycles. The molecule has 0 amide bonds. The summed E-state index contributed by atoms with van der Waals surface area (Å²) in [4.78, 5) is 11.8. The number of benzene rings is 1. The molecule has 1 heterocycles. The van der Waals surface area contributed by atoms with Crippen LogP contribution < -0.4 is 15.6 Å². The number of hydrogen-bond donors (Lipinski definition) is 1. The van der Waals surface area contributed by atoms with Crippen LogP contribution in [0.2, 0.25) is 0 Å². The van der Waals surface area contributed by atoms with Crippen LogP contribution in [-0.4, -0.2) is 12.3 Å². The van der Waals surface area contributed by atoms with Gasteiger partial charge in [-0.1, -0.05) is 29.9 Å². The number of methoxy groups -OCH3 is 1. The number of rotatable bonds is 5. The number of anilines is 1. The van der Waals surface area contributed by atoms with E-state index in [9.17, 15) is 10.0 Å². The van der Waals surface area contributed by atoms with Crippen molar-refractivity contribution in [1.82, 2.24) is 0 Å². The van der Waals surface area contributed by atoms with E-state index in [1.54, 1.807) is 25.1 Å². The zero-order chi connectivity index (χ0) is 18.6. The molecule has 1 aromatic heterocycles. The first kappa shape index (κ1) is 18.5. The SMILES string of the molecule is COc1c(C)c(C=CC(C)=Cc2ccc(N([O-])O)cc2)oc(=O)c1C. The van der Waals surface area contributed by atoms with Crippen molar-refractivity contribution in [2.75, 3.05) is 12.3 Å². The van der Waals surface area contributed by atoms with Gasteiger partial charge in [0.2, 0.25) is 0 Å². The average molecular weight is 342 g/mol. The summed E-state index contributed by atoms with van der Waals surface area (Å²) >= 11 is 0. The van der Waals surface area contributed by atoms with E-state index in [4.69, 9.17) is 14.4 Å². The van der Waals surface area contributed by atoms with Crippen LogP contribution >= 0.6 is 0 Å². The van der Waals surface area contributed by atoms with Gasteiger partial charge in [-0.2, -0.15) is 0 Å². The topological polar surface area (TPSA) is 86.0 Å². The minimum absolute atomic E-state index is 0.162. The average Bonchev–Trinajstić information content (AvgIpc) is 2.58. The summed E-state index contributed by atoms with van der Waals surface area (Å²) in [5.41, 5.74) is 2.72. The Kier molecular flexibility index (Phi) is 5.80. The molecule has 0 radical (unpaired) electrons. The number of allylic oxidation sites excluding steroid dienone is 2. The zero-order valence-corrected chi connectivity index (χ0v) is 14.6. The Bertz CT molecular complexity index is 861. The summed E-state index contributed by atoms with van der Waals surface area (Å²) in [6.07, 6.45) is 5.43. The summed E-state index contributed by atoms with van der Waals surface area (Å²) in [5.74, 6) is 0.970. The molecule has 0 aliphatic rings. The van der Waals surface area contributed by atoms with Crippen LogP contribution in [-0.2, 0) is 0 Å². The third-order valence-electron chi connectivity index (χ3n) is 3.77. The lowest BCUT2D eigenvalue weighted by molar-refractivity contribution is 0.296. The highest BCUT2D eigenvalue weighted by atomic mass is 16.8. The van der Waals surface area contributed by atoms with Crippen molar-refractivity contribution in [3.05, 3.63) is 74.0 Å². The van der Waals surface area contributed by atoms with Gasteiger partial charge in [0.1, 0.15) is 11.5 Å². The van der Waals surface area contributed by atoms with E-state index in [0.717, 1.165) is 16.7 Å². The largest absolute Gasteiger partial charge is 0.733 e. The van der Waals surface area contributed by atoms with E-state index in [2.05, 4.69) is 0 Å². The molecule has 2 aromatic rings. The van der Waals surface area contributed by atoms with Crippen molar-refractivity contribution < 1.29 is 14.4 Å². The lowest BCUT2D eigenvalue weighted by Crippen LogP contribution is -2.08. The maximum Gasteiger partial charge on any atom is 0.342 e. The first-order valence-electron chi connectivity index (χ1n) is 7.64. The second-order valence-electron chi connectivity index (χ2n) is 5.62. The van der Waals surface area contributed by atoms with E-state index in [1.165, 1.54) is 19.2 Å². The minimum Gasteiger partial charge on any atom is -0.733 e. The van der Waals surface area contributed by atoms with Gasteiger partial charge >= 0.3 is 5.63 Å². The third-order valence-corrected chi connectivity index (χ3v) is 3.77. The molecule has 6 heteroatoms. The minimum atomic E-state index is -0.425. The maximum atomic E-state index is 11.8. The van der Waals surface area contributed by atoms with Gasteiger partial charge < -0.3 is 19.6 Å². The second kappa shape index (κ2) is 7.83. The Morgan fingerprint density at radius 1 is 1.24 bits per heavy atom. The normalized spacial score (nSPS) is 11.8. The molecule has 0 bridgehead atoms. The first-order chi connectivity index (χ1) is 11.8. The summed E-state index contributed by atoms with van der Waals surface area (Å²) in [6.45, 7) is 5.39. The van der Waals surface area contributed by atoms with Crippen LogP contribution in [0.4, 0.5) is 5.69 Å². The summed E-state index contributed by atoms with van der Waals surface area (Å²) in [5, 5.41) is 19.4. The molecule has 0 spiro atoms. The molecule has 132 valence electrons. The monoisotopic (exact) mass is 342 g/mol.